The maximum Gasteiger partial charge on any atom is 0.129 e. The van der Waals surface area contributed by atoms with Gasteiger partial charge >= 0.3 is 0 Å². The SMILES string of the molecule is CCC/C=C\CCCCCCC(C)=O. The third-order valence-electron chi connectivity index (χ3n) is 2.27. The molecule has 0 saturated carbocycles. The number of rotatable bonds is 9. The fourth-order valence-corrected chi connectivity index (χ4v) is 1.39. The van der Waals surface area contributed by atoms with Gasteiger partial charge in [0.25, 0.3) is 0 Å². The Balaban J connectivity index is 3.02. The van der Waals surface area contributed by atoms with Crippen LogP contribution in [-0.2, 0) is 4.79 Å². The third kappa shape index (κ3) is 11.4. The molecule has 0 amide bonds. The van der Waals surface area contributed by atoms with E-state index in [2.05, 4.69) is 19.1 Å². The van der Waals surface area contributed by atoms with E-state index in [9.17, 15) is 4.79 Å². The predicted octanol–water partition coefficient (Wildman–Crippen LogP) is 4.27. The monoisotopic (exact) mass is 196 g/mol. The number of Topliss-reactive ketones (excluding diaryl/α,β-unsaturated/α-hetero) is 1. The standard InChI is InChI=1S/C13H24O/c1-3-4-5-6-7-8-9-10-11-12-13(2)14/h5-6H,3-4,7-12H2,1-2H3/b6-5-. The molecule has 0 aliphatic carbocycles. The molecule has 0 aromatic heterocycles. The van der Waals surface area contributed by atoms with Crippen molar-refractivity contribution >= 4 is 5.78 Å². The van der Waals surface area contributed by atoms with Crippen molar-refractivity contribution in [2.75, 3.05) is 0 Å². The first-order chi connectivity index (χ1) is 6.77. The highest BCUT2D eigenvalue weighted by molar-refractivity contribution is 5.75. The van der Waals surface area contributed by atoms with Gasteiger partial charge < -0.3 is 4.79 Å². The van der Waals surface area contributed by atoms with E-state index in [1.54, 1.807) is 6.92 Å². The maximum atomic E-state index is 10.6. The van der Waals surface area contributed by atoms with Crippen molar-refractivity contribution in [1.29, 1.82) is 0 Å². The fraction of sp³-hybridized carbons (Fsp3) is 0.769. The number of allylic oxidation sites excluding steroid dienone is 2. The van der Waals surface area contributed by atoms with Crippen LogP contribution in [0, 0.1) is 0 Å². The molecule has 14 heavy (non-hydrogen) atoms. The number of hydrogen-bond donors (Lipinski definition) is 0. The Morgan fingerprint density at radius 1 is 1.00 bits per heavy atom. The van der Waals surface area contributed by atoms with Gasteiger partial charge in [0, 0.05) is 6.42 Å². The van der Waals surface area contributed by atoms with Crippen molar-refractivity contribution in [1.82, 2.24) is 0 Å². The lowest BCUT2D eigenvalue weighted by Crippen LogP contribution is -1.88. The van der Waals surface area contributed by atoms with E-state index in [0.29, 0.717) is 5.78 Å². The van der Waals surface area contributed by atoms with Gasteiger partial charge in [0.15, 0.2) is 0 Å². The number of carbonyl (C=O) groups excluding carboxylic acids is 1. The van der Waals surface area contributed by atoms with E-state index in [1.165, 1.54) is 38.5 Å². The Morgan fingerprint density at radius 2 is 1.64 bits per heavy atom. The van der Waals surface area contributed by atoms with Gasteiger partial charge in [-0.25, -0.2) is 0 Å². The molecule has 0 rings (SSSR count). The zero-order chi connectivity index (χ0) is 10.6. The summed E-state index contributed by atoms with van der Waals surface area (Å²) in [5.41, 5.74) is 0. The second-order valence-electron chi connectivity index (χ2n) is 3.91. The quantitative estimate of drug-likeness (QED) is 0.397. The van der Waals surface area contributed by atoms with Crippen LogP contribution < -0.4 is 0 Å². The average molecular weight is 196 g/mol. The van der Waals surface area contributed by atoms with Gasteiger partial charge in [0.1, 0.15) is 5.78 Å². The van der Waals surface area contributed by atoms with Crippen LogP contribution in [0.15, 0.2) is 12.2 Å². The molecule has 0 spiro atoms. The smallest absolute Gasteiger partial charge is 0.129 e. The van der Waals surface area contributed by atoms with Crippen molar-refractivity contribution in [2.45, 2.75) is 65.2 Å². The van der Waals surface area contributed by atoms with Gasteiger partial charge in [-0.2, -0.15) is 0 Å². The van der Waals surface area contributed by atoms with Crippen molar-refractivity contribution < 1.29 is 4.79 Å². The first-order valence-electron chi connectivity index (χ1n) is 5.91. The molecular weight excluding hydrogens is 172 g/mol. The highest BCUT2D eigenvalue weighted by atomic mass is 16.1. The van der Waals surface area contributed by atoms with Crippen LogP contribution >= 0.6 is 0 Å². The first kappa shape index (κ1) is 13.4. The summed E-state index contributed by atoms with van der Waals surface area (Å²) in [5, 5.41) is 0. The van der Waals surface area contributed by atoms with Crippen LogP contribution in [0.5, 0.6) is 0 Å². The van der Waals surface area contributed by atoms with E-state index in [0.717, 1.165) is 12.8 Å². The van der Waals surface area contributed by atoms with Crippen LogP contribution in [0.3, 0.4) is 0 Å². The highest BCUT2D eigenvalue weighted by Crippen LogP contribution is 2.06. The number of hydrogen-bond acceptors (Lipinski definition) is 1. The highest BCUT2D eigenvalue weighted by Gasteiger charge is 1.92. The Morgan fingerprint density at radius 3 is 2.29 bits per heavy atom. The summed E-state index contributed by atoms with van der Waals surface area (Å²) in [6, 6.07) is 0. The van der Waals surface area contributed by atoms with E-state index in [1.807, 2.05) is 0 Å². The molecule has 0 N–H and O–H groups in total. The predicted molar refractivity (Wildman–Crippen MR) is 62.4 cm³/mol. The van der Waals surface area contributed by atoms with Gasteiger partial charge in [-0.1, -0.05) is 38.3 Å². The topological polar surface area (TPSA) is 17.1 Å². The van der Waals surface area contributed by atoms with Crippen LogP contribution in [0.1, 0.15) is 65.2 Å². The molecule has 0 radical (unpaired) electrons. The van der Waals surface area contributed by atoms with Crippen LogP contribution in [-0.4, -0.2) is 5.78 Å². The minimum atomic E-state index is 0.327. The summed E-state index contributed by atoms with van der Waals surface area (Å²) in [4.78, 5) is 10.6. The van der Waals surface area contributed by atoms with Crippen LogP contribution in [0.4, 0.5) is 0 Å². The fourth-order valence-electron chi connectivity index (χ4n) is 1.39. The Kier molecular flexibility index (Phi) is 10.0. The van der Waals surface area contributed by atoms with Gasteiger partial charge in [-0.15, -0.1) is 0 Å². The number of unbranched alkanes of at least 4 members (excludes halogenated alkanes) is 5. The molecule has 1 heteroatoms. The normalized spacial score (nSPS) is 11.0. The van der Waals surface area contributed by atoms with Crippen molar-refractivity contribution in [3.05, 3.63) is 12.2 Å². The summed E-state index contributed by atoms with van der Waals surface area (Å²) in [5.74, 6) is 0.327. The van der Waals surface area contributed by atoms with Crippen LogP contribution in [0.2, 0.25) is 0 Å². The lowest BCUT2D eigenvalue weighted by atomic mass is 10.1. The molecule has 82 valence electrons. The summed E-state index contributed by atoms with van der Waals surface area (Å²) in [7, 11) is 0. The Bertz CT molecular complexity index is 159. The number of ketones is 1. The largest absolute Gasteiger partial charge is 0.300 e. The van der Waals surface area contributed by atoms with Crippen molar-refractivity contribution in [2.24, 2.45) is 0 Å². The first-order valence-corrected chi connectivity index (χ1v) is 5.91. The summed E-state index contributed by atoms with van der Waals surface area (Å²) < 4.78 is 0. The summed E-state index contributed by atoms with van der Waals surface area (Å²) in [6.45, 7) is 3.87. The van der Waals surface area contributed by atoms with E-state index >= 15 is 0 Å². The minimum absolute atomic E-state index is 0.327. The Hall–Kier alpha value is -0.590. The molecule has 0 aromatic carbocycles. The molecular formula is C13H24O. The van der Waals surface area contributed by atoms with Gasteiger partial charge in [-0.05, 0) is 32.6 Å². The zero-order valence-corrected chi connectivity index (χ0v) is 9.72. The second kappa shape index (κ2) is 10.5. The average Bonchev–Trinajstić information content (AvgIpc) is 2.15. The molecule has 0 heterocycles. The molecule has 0 aromatic rings. The summed E-state index contributed by atoms with van der Waals surface area (Å²) in [6.07, 6.45) is 13.8. The molecule has 0 unspecified atom stereocenters. The van der Waals surface area contributed by atoms with Gasteiger partial charge in [0.05, 0.1) is 0 Å². The molecule has 0 atom stereocenters. The number of carbonyl (C=O) groups is 1. The van der Waals surface area contributed by atoms with E-state index in [-0.39, 0.29) is 0 Å². The van der Waals surface area contributed by atoms with E-state index < -0.39 is 0 Å². The van der Waals surface area contributed by atoms with E-state index in [4.69, 9.17) is 0 Å². The molecule has 0 saturated heterocycles. The van der Waals surface area contributed by atoms with Crippen molar-refractivity contribution in [3.63, 3.8) is 0 Å². The molecule has 0 bridgehead atoms. The lowest BCUT2D eigenvalue weighted by molar-refractivity contribution is -0.117. The molecule has 1 nitrogen and oxygen atoms in total. The van der Waals surface area contributed by atoms with Gasteiger partial charge in [-0.3, -0.25) is 0 Å². The lowest BCUT2D eigenvalue weighted by Gasteiger charge is -1.97. The molecule has 0 aliphatic heterocycles. The molecule has 0 aliphatic rings. The Labute approximate surface area is 88.6 Å². The molecule has 0 fully saturated rings. The van der Waals surface area contributed by atoms with Crippen molar-refractivity contribution in [3.8, 4) is 0 Å². The van der Waals surface area contributed by atoms with Gasteiger partial charge in [0.2, 0.25) is 0 Å². The maximum absolute atomic E-state index is 10.6. The van der Waals surface area contributed by atoms with Crippen LogP contribution in [0.25, 0.3) is 0 Å². The second-order valence-corrected chi connectivity index (χ2v) is 3.91. The zero-order valence-electron chi connectivity index (χ0n) is 9.72. The third-order valence-corrected chi connectivity index (χ3v) is 2.27. The minimum Gasteiger partial charge on any atom is -0.300 e. The summed E-state index contributed by atoms with van der Waals surface area (Å²) >= 11 is 0.